The van der Waals surface area contributed by atoms with E-state index in [4.69, 9.17) is 18.9 Å². The van der Waals surface area contributed by atoms with Crippen LogP contribution in [0.4, 0.5) is 0 Å². The van der Waals surface area contributed by atoms with E-state index in [0.717, 1.165) is 70.6 Å². The molecule has 0 aromatic heterocycles. The zero-order chi connectivity index (χ0) is 49.6. The number of rotatable bonds is 48. The summed E-state index contributed by atoms with van der Waals surface area (Å²) in [5.41, 5.74) is 0. The Balaban J connectivity index is 2.29. The van der Waals surface area contributed by atoms with Crippen LogP contribution >= 0.6 is 0 Å². The van der Waals surface area contributed by atoms with Crippen molar-refractivity contribution in [2.24, 2.45) is 0 Å². The predicted octanol–water partition coefficient (Wildman–Crippen LogP) is 13.1. The first kappa shape index (κ1) is 64.1. The molecule has 1 rings (SSSR count). The fraction of sp³-hybridized carbons (Fsp3) is 0.836. The third kappa shape index (κ3) is 38.8. The lowest BCUT2D eigenvalue weighted by atomic mass is 9.99. The fourth-order valence-electron chi connectivity index (χ4n) is 8.26. The Bertz CT molecular complexity index is 1370. The van der Waals surface area contributed by atoms with Gasteiger partial charge < -0.3 is 34.3 Å². The number of allylic oxidation sites excluding steroid dienone is 8. The standard InChI is InChI=1S/C55H100O12S/c1-3-5-7-9-11-13-15-17-19-20-21-22-23-24-25-26-27-28-29-31-33-35-37-39-41-43-45-63-47-49(48-64-55-53(59)54(67-68(60,61)62)52(58)50(46-56)66-55)65-51(57)44-42-40-38-36-34-32-30-18-16-14-12-10-8-6-4-2/h12,14-15,17-18,20-21,30,49-50,52-56,58-59H,3-11,13,16,19,22-29,31-48H2,1-2H3,(H,60,61,62)/b14-12-,17-15-,21-20-,30-18-. The van der Waals surface area contributed by atoms with Gasteiger partial charge in [0.05, 0.1) is 19.8 Å². The highest BCUT2D eigenvalue weighted by molar-refractivity contribution is 7.80. The van der Waals surface area contributed by atoms with Gasteiger partial charge in [-0.25, -0.2) is 4.18 Å². The van der Waals surface area contributed by atoms with Gasteiger partial charge in [-0.1, -0.05) is 197 Å². The van der Waals surface area contributed by atoms with Gasteiger partial charge in [-0.15, -0.1) is 0 Å². The molecule has 0 radical (unpaired) electrons. The van der Waals surface area contributed by atoms with Crippen LogP contribution in [-0.2, 0) is 38.3 Å². The molecule has 0 spiro atoms. The van der Waals surface area contributed by atoms with Gasteiger partial charge in [0.15, 0.2) is 6.29 Å². The summed E-state index contributed by atoms with van der Waals surface area (Å²) in [5, 5.41) is 30.8. The Morgan fingerprint density at radius 1 is 0.559 bits per heavy atom. The summed E-state index contributed by atoms with van der Waals surface area (Å²) in [7, 11) is -5.07. The van der Waals surface area contributed by atoms with E-state index in [1.165, 1.54) is 135 Å². The first-order valence-corrected chi connectivity index (χ1v) is 28.8. The van der Waals surface area contributed by atoms with Gasteiger partial charge in [0.25, 0.3) is 0 Å². The SMILES string of the molecule is CCCCC/C=C\C/C=C\CCCCCCCC(=O)OC(COCCCCCCCCCCCCCCCC/C=C\C/C=C\CCCCCCC)COC1OC(CO)C(O)C(OS(=O)(=O)O)C1O. The quantitative estimate of drug-likeness (QED) is 0.0197. The van der Waals surface area contributed by atoms with Crippen LogP contribution < -0.4 is 0 Å². The molecule has 1 saturated heterocycles. The molecule has 1 fully saturated rings. The van der Waals surface area contributed by atoms with Gasteiger partial charge in [-0.05, 0) is 77.0 Å². The second kappa shape index (κ2) is 46.2. The molecule has 1 heterocycles. The van der Waals surface area contributed by atoms with E-state index in [2.05, 4.69) is 66.6 Å². The molecule has 0 aromatic carbocycles. The Morgan fingerprint density at radius 3 is 1.43 bits per heavy atom. The van der Waals surface area contributed by atoms with E-state index in [9.17, 15) is 33.1 Å². The van der Waals surface area contributed by atoms with Crippen molar-refractivity contribution in [3.8, 4) is 0 Å². The van der Waals surface area contributed by atoms with Gasteiger partial charge >= 0.3 is 16.4 Å². The lowest BCUT2D eigenvalue weighted by molar-refractivity contribution is -0.301. The second-order valence-electron chi connectivity index (χ2n) is 18.8. The maximum absolute atomic E-state index is 12.9. The molecule has 0 aromatic rings. The molecular weight excluding hydrogens is 885 g/mol. The van der Waals surface area contributed by atoms with Gasteiger partial charge in [0, 0.05) is 13.0 Å². The van der Waals surface area contributed by atoms with Gasteiger partial charge in [-0.2, -0.15) is 8.42 Å². The van der Waals surface area contributed by atoms with Crippen LogP contribution in [0.25, 0.3) is 0 Å². The number of esters is 1. The molecule has 6 unspecified atom stereocenters. The molecule has 6 atom stereocenters. The Labute approximate surface area is 415 Å². The van der Waals surface area contributed by atoms with Crippen molar-refractivity contribution in [3.05, 3.63) is 48.6 Å². The van der Waals surface area contributed by atoms with Crippen molar-refractivity contribution in [3.63, 3.8) is 0 Å². The number of hydrogen-bond donors (Lipinski definition) is 4. The highest BCUT2D eigenvalue weighted by Gasteiger charge is 2.48. The van der Waals surface area contributed by atoms with Gasteiger partial charge in [0.2, 0.25) is 0 Å². The highest BCUT2D eigenvalue weighted by atomic mass is 32.3. The number of carbonyl (C=O) groups is 1. The van der Waals surface area contributed by atoms with Crippen LogP contribution in [0, 0.1) is 0 Å². The van der Waals surface area contributed by atoms with Crippen molar-refractivity contribution in [1.82, 2.24) is 0 Å². The zero-order valence-electron chi connectivity index (χ0n) is 42.9. The molecule has 1 aliphatic rings. The summed E-state index contributed by atoms with van der Waals surface area (Å²) in [5.74, 6) is -0.411. The van der Waals surface area contributed by atoms with Crippen LogP contribution in [-0.4, -0.2) is 97.5 Å². The Hall–Kier alpha value is -1.94. The minimum Gasteiger partial charge on any atom is -0.457 e. The lowest BCUT2D eigenvalue weighted by Gasteiger charge is -2.41. The van der Waals surface area contributed by atoms with Crippen LogP contribution in [0.15, 0.2) is 48.6 Å². The van der Waals surface area contributed by atoms with E-state index in [0.29, 0.717) is 13.0 Å². The average Bonchev–Trinajstić information content (AvgIpc) is 3.31. The van der Waals surface area contributed by atoms with Crippen molar-refractivity contribution >= 4 is 16.4 Å². The van der Waals surface area contributed by atoms with Gasteiger partial charge in [0.1, 0.15) is 30.5 Å². The molecule has 12 nitrogen and oxygen atoms in total. The maximum atomic E-state index is 12.9. The Morgan fingerprint density at radius 2 is 0.971 bits per heavy atom. The first-order valence-electron chi connectivity index (χ1n) is 27.4. The highest BCUT2D eigenvalue weighted by Crippen LogP contribution is 2.26. The molecule has 0 amide bonds. The normalized spacial score (nSPS) is 19.6. The van der Waals surface area contributed by atoms with E-state index < -0.39 is 59.8 Å². The molecule has 0 aliphatic carbocycles. The largest absolute Gasteiger partial charge is 0.457 e. The van der Waals surface area contributed by atoms with Crippen LogP contribution in [0.2, 0.25) is 0 Å². The lowest BCUT2D eigenvalue weighted by Crippen LogP contribution is -2.60. The van der Waals surface area contributed by atoms with Crippen molar-refractivity contribution in [2.75, 3.05) is 26.4 Å². The summed E-state index contributed by atoms with van der Waals surface area (Å²) in [6, 6.07) is 0. The van der Waals surface area contributed by atoms with E-state index in [-0.39, 0.29) is 19.6 Å². The van der Waals surface area contributed by atoms with E-state index >= 15 is 0 Å². The summed E-state index contributed by atoms with van der Waals surface area (Å²) < 4.78 is 59.3. The second-order valence-corrected chi connectivity index (χ2v) is 19.9. The van der Waals surface area contributed by atoms with E-state index in [1.54, 1.807) is 0 Å². The van der Waals surface area contributed by atoms with Crippen LogP contribution in [0.5, 0.6) is 0 Å². The van der Waals surface area contributed by atoms with Gasteiger partial charge in [-0.3, -0.25) is 9.35 Å². The number of hydrogen-bond acceptors (Lipinski definition) is 11. The van der Waals surface area contributed by atoms with Crippen molar-refractivity contribution in [2.45, 2.75) is 269 Å². The molecule has 398 valence electrons. The molecular formula is C55H100O12S. The van der Waals surface area contributed by atoms with Crippen molar-refractivity contribution < 1.29 is 56.2 Å². The topological polar surface area (TPSA) is 178 Å². The molecule has 13 heteroatoms. The number of aliphatic hydroxyl groups is 3. The molecule has 0 saturated carbocycles. The van der Waals surface area contributed by atoms with Crippen LogP contribution in [0.3, 0.4) is 0 Å². The smallest absolute Gasteiger partial charge is 0.397 e. The molecule has 1 aliphatic heterocycles. The summed E-state index contributed by atoms with van der Waals surface area (Å²) in [6.07, 6.45) is 48.6. The predicted molar refractivity (Wildman–Crippen MR) is 276 cm³/mol. The molecule has 4 N–H and O–H groups in total. The van der Waals surface area contributed by atoms with Crippen LogP contribution in [0.1, 0.15) is 232 Å². The minimum atomic E-state index is -5.07. The molecule has 0 bridgehead atoms. The maximum Gasteiger partial charge on any atom is 0.397 e. The zero-order valence-corrected chi connectivity index (χ0v) is 43.7. The number of carbonyl (C=O) groups excluding carboxylic acids is 1. The summed E-state index contributed by atoms with van der Waals surface area (Å²) in [6.45, 7) is 3.96. The number of unbranched alkanes of at least 4 members (excludes halogenated alkanes) is 27. The minimum absolute atomic E-state index is 0.0303. The monoisotopic (exact) mass is 985 g/mol. The molecule has 68 heavy (non-hydrogen) atoms. The number of ether oxygens (including phenoxy) is 4. The average molecular weight is 985 g/mol. The number of aliphatic hydroxyl groups excluding tert-OH is 3. The summed E-state index contributed by atoms with van der Waals surface area (Å²) in [4.78, 5) is 12.9. The fourth-order valence-corrected chi connectivity index (χ4v) is 8.77. The Kier molecular flexibility index (Phi) is 43.5. The van der Waals surface area contributed by atoms with Crippen molar-refractivity contribution in [1.29, 1.82) is 0 Å². The summed E-state index contributed by atoms with van der Waals surface area (Å²) >= 11 is 0. The first-order chi connectivity index (χ1) is 33.1. The third-order valence-electron chi connectivity index (χ3n) is 12.4. The van der Waals surface area contributed by atoms with E-state index in [1.807, 2.05) is 0 Å². The third-order valence-corrected chi connectivity index (χ3v) is 12.9.